The molecule has 0 aliphatic heterocycles. The Kier molecular flexibility index (Phi) is 4.84. The molecule has 1 N–H and O–H groups in total. The SMILES string of the molecule is CCOc1ccc(C)cc1C(O)c1cc(C)cc(Br)c1. The molecule has 20 heavy (non-hydrogen) atoms. The van der Waals surface area contributed by atoms with Crippen LogP contribution in [0.3, 0.4) is 0 Å². The van der Waals surface area contributed by atoms with Crippen molar-refractivity contribution in [3.8, 4) is 5.75 Å². The van der Waals surface area contributed by atoms with E-state index in [1.165, 1.54) is 0 Å². The molecule has 0 aromatic heterocycles. The van der Waals surface area contributed by atoms with E-state index < -0.39 is 6.10 Å². The number of benzene rings is 2. The van der Waals surface area contributed by atoms with Crippen molar-refractivity contribution in [3.05, 3.63) is 63.1 Å². The Bertz CT molecular complexity index is 588. The van der Waals surface area contributed by atoms with E-state index in [0.29, 0.717) is 6.61 Å². The summed E-state index contributed by atoms with van der Waals surface area (Å²) in [7, 11) is 0. The van der Waals surface area contributed by atoms with Gasteiger partial charge in [0.25, 0.3) is 0 Å². The van der Waals surface area contributed by atoms with E-state index >= 15 is 0 Å². The van der Waals surface area contributed by atoms with E-state index in [2.05, 4.69) is 15.9 Å². The highest BCUT2D eigenvalue weighted by atomic mass is 79.9. The summed E-state index contributed by atoms with van der Waals surface area (Å²) in [6, 6.07) is 11.8. The fourth-order valence-corrected chi connectivity index (χ4v) is 2.90. The van der Waals surface area contributed by atoms with Crippen LogP contribution in [0.4, 0.5) is 0 Å². The van der Waals surface area contributed by atoms with Gasteiger partial charge in [-0.05, 0) is 56.2 Å². The molecule has 0 radical (unpaired) electrons. The molecular formula is C17H19BrO2. The lowest BCUT2D eigenvalue weighted by molar-refractivity contribution is 0.211. The minimum Gasteiger partial charge on any atom is -0.493 e. The topological polar surface area (TPSA) is 29.5 Å². The van der Waals surface area contributed by atoms with Crippen molar-refractivity contribution in [2.75, 3.05) is 6.61 Å². The van der Waals surface area contributed by atoms with Crippen LogP contribution in [-0.4, -0.2) is 11.7 Å². The molecule has 0 aliphatic carbocycles. The maximum absolute atomic E-state index is 10.7. The summed E-state index contributed by atoms with van der Waals surface area (Å²) in [5.74, 6) is 0.739. The van der Waals surface area contributed by atoms with Crippen LogP contribution in [0.5, 0.6) is 5.75 Å². The predicted octanol–water partition coefficient (Wildman–Crippen LogP) is 4.55. The summed E-state index contributed by atoms with van der Waals surface area (Å²) in [6.45, 7) is 6.55. The smallest absolute Gasteiger partial charge is 0.125 e. The summed E-state index contributed by atoms with van der Waals surface area (Å²) in [5.41, 5.74) is 3.89. The van der Waals surface area contributed by atoms with Crippen LogP contribution in [-0.2, 0) is 0 Å². The maximum Gasteiger partial charge on any atom is 0.125 e. The second kappa shape index (κ2) is 6.42. The van der Waals surface area contributed by atoms with Gasteiger partial charge in [0.1, 0.15) is 11.9 Å². The Labute approximate surface area is 128 Å². The Balaban J connectivity index is 2.46. The van der Waals surface area contributed by atoms with Gasteiger partial charge < -0.3 is 9.84 Å². The Hall–Kier alpha value is -1.32. The molecule has 1 unspecified atom stereocenters. The molecule has 0 bridgehead atoms. The quantitative estimate of drug-likeness (QED) is 0.888. The van der Waals surface area contributed by atoms with Gasteiger partial charge >= 0.3 is 0 Å². The number of hydrogen-bond donors (Lipinski definition) is 1. The average molecular weight is 335 g/mol. The highest BCUT2D eigenvalue weighted by Gasteiger charge is 2.16. The van der Waals surface area contributed by atoms with Gasteiger partial charge in [0.2, 0.25) is 0 Å². The van der Waals surface area contributed by atoms with Gasteiger partial charge in [0.05, 0.1) is 6.61 Å². The highest BCUT2D eigenvalue weighted by molar-refractivity contribution is 9.10. The standard InChI is InChI=1S/C17H19BrO2/c1-4-20-16-6-5-11(2)9-15(16)17(19)13-7-12(3)8-14(18)10-13/h5-10,17,19H,4H2,1-3H3. The van der Waals surface area contributed by atoms with Gasteiger partial charge in [-0.1, -0.05) is 33.6 Å². The zero-order chi connectivity index (χ0) is 14.7. The van der Waals surface area contributed by atoms with E-state index in [0.717, 1.165) is 32.5 Å². The lowest BCUT2D eigenvalue weighted by Crippen LogP contribution is -2.05. The van der Waals surface area contributed by atoms with Gasteiger partial charge in [-0.25, -0.2) is 0 Å². The molecule has 0 saturated carbocycles. The first-order chi connectivity index (χ1) is 9.51. The Morgan fingerprint density at radius 1 is 1.10 bits per heavy atom. The summed E-state index contributed by atoms with van der Waals surface area (Å²) < 4.78 is 6.59. The van der Waals surface area contributed by atoms with Crippen LogP contribution in [0.25, 0.3) is 0 Å². The molecule has 0 amide bonds. The van der Waals surface area contributed by atoms with E-state index in [1.807, 2.05) is 57.2 Å². The normalized spacial score (nSPS) is 12.2. The number of halogens is 1. The molecule has 0 aliphatic rings. The molecule has 0 saturated heterocycles. The zero-order valence-electron chi connectivity index (χ0n) is 12.0. The van der Waals surface area contributed by atoms with Crippen LogP contribution in [0, 0.1) is 13.8 Å². The van der Waals surface area contributed by atoms with Crippen molar-refractivity contribution < 1.29 is 9.84 Å². The highest BCUT2D eigenvalue weighted by Crippen LogP contribution is 2.32. The molecule has 0 heterocycles. The molecule has 2 aromatic carbocycles. The first-order valence-electron chi connectivity index (χ1n) is 6.69. The number of rotatable bonds is 4. The van der Waals surface area contributed by atoms with Gasteiger partial charge in [-0.15, -0.1) is 0 Å². The van der Waals surface area contributed by atoms with Crippen LogP contribution in [0.1, 0.15) is 35.3 Å². The first kappa shape index (κ1) is 15.1. The van der Waals surface area contributed by atoms with Gasteiger partial charge in [0.15, 0.2) is 0 Å². The second-order valence-corrected chi connectivity index (χ2v) is 5.85. The third-order valence-electron chi connectivity index (χ3n) is 3.14. The summed E-state index contributed by atoms with van der Waals surface area (Å²) in [4.78, 5) is 0. The predicted molar refractivity (Wildman–Crippen MR) is 85.3 cm³/mol. The van der Waals surface area contributed by atoms with Crippen molar-refractivity contribution >= 4 is 15.9 Å². The number of aryl methyl sites for hydroxylation is 2. The van der Waals surface area contributed by atoms with Crippen LogP contribution in [0.2, 0.25) is 0 Å². The van der Waals surface area contributed by atoms with Crippen molar-refractivity contribution in [1.82, 2.24) is 0 Å². The minimum atomic E-state index is -0.687. The van der Waals surface area contributed by atoms with Gasteiger partial charge in [-0.2, -0.15) is 0 Å². The van der Waals surface area contributed by atoms with Gasteiger partial charge in [-0.3, -0.25) is 0 Å². The molecule has 106 valence electrons. The monoisotopic (exact) mass is 334 g/mol. The summed E-state index contributed by atoms with van der Waals surface area (Å²) in [6.07, 6.45) is -0.687. The lowest BCUT2D eigenvalue weighted by Gasteiger charge is -2.17. The molecule has 0 spiro atoms. The minimum absolute atomic E-state index is 0.584. The summed E-state index contributed by atoms with van der Waals surface area (Å²) in [5, 5.41) is 10.7. The molecule has 2 rings (SSSR count). The maximum atomic E-state index is 10.7. The second-order valence-electron chi connectivity index (χ2n) is 4.94. The molecule has 3 heteroatoms. The molecule has 2 aromatic rings. The third-order valence-corrected chi connectivity index (χ3v) is 3.60. The van der Waals surface area contributed by atoms with E-state index in [-0.39, 0.29) is 0 Å². The molecule has 1 atom stereocenters. The largest absolute Gasteiger partial charge is 0.493 e. The fourth-order valence-electron chi connectivity index (χ4n) is 2.27. The average Bonchev–Trinajstić information content (AvgIpc) is 2.39. The van der Waals surface area contributed by atoms with Crippen molar-refractivity contribution in [2.24, 2.45) is 0 Å². The first-order valence-corrected chi connectivity index (χ1v) is 7.49. The third kappa shape index (κ3) is 3.41. The number of ether oxygens (including phenoxy) is 1. The van der Waals surface area contributed by atoms with E-state index in [1.54, 1.807) is 0 Å². The summed E-state index contributed by atoms with van der Waals surface area (Å²) >= 11 is 3.48. The molecule has 2 nitrogen and oxygen atoms in total. The van der Waals surface area contributed by atoms with Crippen LogP contribution < -0.4 is 4.74 Å². The van der Waals surface area contributed by atoms with Crippen molar-refractivity contribution in [3.63, 3.8) is 0 Å². The Morgan fingerprint density at radius 3 is 2.50 bits per heavy atom. The van der Waals surface area contributed by atoms with E-state index in [4.69, 9.17) is 4.74 Å². The number of aliphatic hydroxyl groups excluding tert-OH is 1. The lowest BCUT2D eigenvalue weighted by atomic mass is 9.98. The van der Waals surface area contributed by atoms with Crippen molar-refractivity contribution in [2.45, 2.75) is 26.9 Å². The Morgan fingerprint density at radius 2 is 1.85 bits per heavy atom. The van der Waals surface area contributed by atoms with E-state index in [9.17, 15) is 5.11 Å². The van der Waals surface area contributed by atoms with Gasteiger partial charge in [0, 0.05) is 10.0 Å². The number of hydrogen-bond acceptors (Lipinski definition) is 2. The van der Waals surface area contributed by atoms with Crippen LogP contribution in [0.15, 0.2) is 40.9 Å². The van der Waals surface area contributed by atoms with Crippen LogP contribution >= 0.6 is 15.9 Å². The molecule has 0 fully saturated rings. The zero-order valence-corrected chi connectivity index (χ0v) is 13.6. The fraction of sp³-hybridized carbons (Fsp3) is 0.294. The molecular weight excluding hydrogens is 316 g/mol. The number of aliphatic hydroxyl groups is 1. The van der Waals surface area contributed by atoms with Crippen molar-refractivity contribution in [1.29, 1.82) is 0 Å².